The largest absolute Gasteiger partial charge is 0.475 e. The van der Waals surface area contributed by atoms with E-state index in [0.717, 1.165) is 6.07 Å². The third-order valence-electron chi connectivity index (χ3n) is 2.54. The van der Waals surface area contributed by atoms with Crippen molar-refractivity contribution in [3.05, 3.63) is 17.6 Å². The van der Waals surface area contributed by atoms with Crippen molar-refractivity contribution in [1.82, 2.24) is 4.72 Å². The molecule has 7 heteroatoms. The van der Waals surface area contributed by atoms with Gasteiger partial charge >= 0.3 is 5.97 Å². The summed E-state index contributed by atoms with van der Waals surface area (Å²) in [6.07, 6.45) is 0.676. The first kappa shape index (κ1) is 15.7. The number of nitrogens with one attached hydrogen (secondary N) is 1. The van der Waals surface area contributed by atoms with Gasteiger partial charge in [-0.3, -0.25) is 0 Å². The summed E-state index contributed by atoms with van der Waals surface area (Å²) in [5.74, 6) is -1.60. The lowest BCUT2D eigenvalue weighted by molar-refractivity contribution is 0.0661. The fourth-order valence-corrected chi connectivity index (χ4v) is 2.68. The van der Waals surface area contributed by atoms with Gasteiger partial charge in [0, 0.05) is 12.6 Å². The van der Waals surface area contributed by atoms with Crippen LogP contribution in [0.2, 0.25) is 0 Å². The minimum Gasteiger partial charge on any atom is -0.475 e. The number of furan rings is 1. The Morgan fingerprint density at radius 3 is 2.42 bits per heavy atom. The minimum absolute atomic E-state index is 0.0141. The van der Waals surface area contributed by atoms with Crippen molar-refractivity contribution in [2.45, 2.75) is 39.0 Å². The van der Waals surface area contributed by atoms with E-state index >= 15 is 0 Å². The number of sulfonamides is 1. The highest BCUT2D eigenvalue weighted by molar-refractivity contribution is 7.89. The summed E-state index contributed by atoms with van der Waals surface area (Å²) < 4.78 is 31.4. The summed E-state index contributed by atoms with van der Waals surface area (Å²) in [4.78, 5) is 10.6. The van der Waals surface area contributed by atoms with E-state index < -0.39 is 16.0 Å². The molecule has 0 atom stereocenters. The third kappa shape index (κ3) is 4.36. The lowest BCUT2D eigenvalue weighted by Gasteiger charge is -2.17. The second-order valence-electron chi connectivity index (χ2n) is 5.54. The van der Waals surface area contributed by atoms with Crippen LogP contribution in [0, 0.1) is 12.3 Å². The molecule has 1 aromatic heterocycles. The molecule has 0 amide bonds. The summed E-state index contributed by atoms with van der Waals surface area (Å²) in [6, 6.07) is 1.02. The van der Waals surface area contributed by atoms with E-state index in [-0.39, 0.29) is 21.8 Å². The fourth-order valence-electron chi connectivity index (χ4n) is 1.48. The third-order valence-corrected chi connectivity index (χ3v) is 4.11. The molecule has 0 fully saturated rings. The maximum atomic E-state index is 12.0. The number of hydrogen-bond acceptors (Lipinski definition) is 4. The fraction of sp³-hybridized carbons (Fsp3) is 0.583. The van der Waals surface area contributed by atoms with Crippen LogP contribution in [0.4, 0.5) is 0 Å². The molecule has 6 nitrogen and oxygen atoms in total. The summed E-state index contributed by atoms with van der Waals surface area (Å²) >= 11 is 0. The molecule has 1 aromatic rings. The van der Waals surface area contributed by atoms with Crippen molar-refractivity contribution in [3.63, 3.8) is 0 Å². The molecule has 0 saturated heterocycles. The first-order chi connectivity index (χ1) is 8.53. The van der Waals surface area contributed by atoms with Crippen LogP contribution in [0.3, 0.4) is 0 Å². The van der Waals surface area contributed by atoms with E-state index in [0.29, 0.717) is 13.0 Å². The van der Waals surface area contributed by atoms with Crippen molar-refractivity contribution >= 4 is 16.0 Å². The molecule has 2 N–H and O–H groups in total. The molecule has 0 bridgehead atoms. The van der Waals surface area contributed by atoms with E-state index in [1.807, 2.05) is 20.8 Å². The zero-order valence-electron chi connectivity index (χ0n) is 11.5. The van der Waals surface area contributed by atoms with Crippen molar-refractivity contribution in [1.29, 1.82) is 0 Å². The lowest BCUT2D eigenvalue weighted by Crippen LogP contribution is -2.27. The highest BCUT2D eigenvalue weighted by Gasteiger charge is 2.24. The van der Waals surface area contributed by atoms with E-state index in [9.17, 15) is 13.2 Å². The standard InChI is InChI=1S/C12H19NO5S/c1-8-10(7-9(18-8)11(14)15)19(16,17)13-6-5-12(2,3)4/h7,13H,5-6H2,1-4H3,(H,14,15). The molecule has 1 heterocycles. The SMILES string of the molecule is Cc1oc(C(=O)O)cc1S(=O)(=O)NCCC(C)(C)C. The van der Waals surface area contributed by atoms with Gasteiger partial charge in [-0.05, 0) is 18.8 Å². The van der Waals surface area contributed by atoms with E-state index in [4.69, 9.17) is 9.52 Å². The highest BCUT2D eigenvalue weighted by atomic mass is 32.2. The van der Waals surface area contributed by atoms with Gasteiger partial charge < -0.3 is 9.52 Å². The summed E-state index contributed by atoms with van der Waals surface area (Å²) in [7, 11) is -3.73. The average Bonchev–Trinajstić information content (AvgIpc) is 2.58. The number of rotatable bonds is 5. The predicted octanol–water partition coefficient (Wildman–Crippen LogP) is 2.00. The Hall–Kier alpha value is -1.34. The first-order valence-electron chi connectivity index (χ1n) is 5.86. The molecular formula is C12H19NO5S. The van der Waals surface area contributed by atoms with Crippen LogP contribution < -0.4 is 4.72 Å². The number of aromatic carboxylic acids is 1. The molecule has 0 radical (unpaired) electrons. The average molecular weight is 289 g/mol. The van der Waals surface area contributed by atoms with Gasteiger partial charge in [0.15, 0.2) is 0 Å². The first-order valence-corrected chi connectivity index (χ1v) is 7.35. The Morgan fingerprint density at radius 2 is 2.00 bits per heavy atom. The van der Waals surface area contributed by atoms with E-state index in [2.05, 4.69) is 4.72 Å². The summed E-state index contributed by atoms with van der Waals surface area (Å²) in [6.45, 7) is 7.73. The molecule has 0 aliphatic carbocycles. The van der Waals surface area contributed by atoms with Gasteiger partial charge in [-0.1, -0.05) is 20.8 Å². The number of aryl methyl sites for hydroxylation is 1. The summed E-state index contributed by atoms with van der Waals surface area (Å²) in [5, 5.41) is 8.76. The number of carbonyl (C=O) groups is 1. The molecular weight excluding hydrogens is 270 g/mol. The molecule has 19 heavy (non-hydrogen) atoms. The minimum atomic E-state index is -3.73. The molecule has 0 aliphatic heterocycles. The maximum absolute atomic E-state index is 12.0. The Labute approximate surface area is 112 Å². The number of hydrogen-bond donors (Lipinski definition) is 2. The highest BCUT2D eigenvalue weighted by Crippen LogP contribution is 2.21. The van der Waals surface area contributed by atoms with Crippen molar-refractivity contribution in [2.75, 3.05) is 6.54 Å². The van der Waals surface area contributed by atoms with Crippen LogP contribution in [-0.4, -0.2) is 26.0 Å². The van der Waals surface area contributed by atoms with Gasteiger partial charge in [0.05, 0.1) is 0 Å². The van der Waals surface area contributed by atoms with Crippen molar-refractivity contribution < 1.29 is 22.7 Å². The predicted molar refractivity (Wildman–Crippen MR) is 69.7 cm³/mol. The quantitative estimate of drug-likeness (QED) is 0.864. The van der Waals surface area contributed by atoms with Crippen LogP contribution in [0.1, 0.15) is 43.5 Å². The van der Waals surface area contributed by atoms with Gasteiger partial charge in [-0.2, -0.15) is 0 Å². The molecule has 0 unspecified atom stereocenters. The zero-order chi connectivity index (χ0) is 14.8. The van der Waals surface area contributed by atoms with Crippen LogP contribution in [-0.2, 0) is 10.0 Å². The smallest absolute Gasteiger partial charge is 0.371 e. The van der Waals surface area contributed by atoms with Gasteiger partial charge in [-0.25, -0.2) is 17.9 Å². The Bertz CT molecular complexity index is 565. The topological polar surface area (TPSA) is 96.6 Å². The Kier molecular flexibility index (Phi) is 4.42. The van der Waals surface area contributed by atoms with Crippen molar-refractivity contribution in [2.24, 2.45) is 5.41 Å². The van der Waals surface area contributed by atoms with Crippen LogP contribution in [0.25, 0.3) is 0 Å². The number of carboxylic acids is 1. The monoisotopic (exact) mass is 289 g/mol. The van der Waals surface area contributed by atoms with Gasteiger partial charge in [0.2, 0.25) is 15.8 Å². The van der Waals surface area contributed by atoms with Gasteiger partial charge in [0.25, 0.3) is 0 Å². The molecule has 1 rings (SSSR count). The summed E-state index contributed by atoms with van der Waals surface area (Å²) in [5.41, 5.74) is 0.0141. The molecule has 0 aromatic carbocycles. The Morgan fingerprint density at radius 1 is 1.42 bits per heavy atom. The maximum Gasteiger partial charge on any atom is 0.371 e. The van der Waals surface area contributed by atoms with Gasteiger partial charge in [0.1, 0.15) is 10.7 Å². The normalized spacial score (nSPS) is 12.6. The van der Waals surface area contributed by atoms with E-state index in [1.165, 1.54) is 6.92 Å². The molecule has 108 valence electrons. The number of carboxylic acid groups (broad SMARTS) is 1. The van der Waals surface area contributed by atoms with Crippen LogP contribution in [0.15, 0.2) is 15.4 Å². The second-order valence-corrected chi connectivity index (χ2v) is 7.28. The molecule has 0 saturated carbocycles. The van der Waals surface area contributed by atoms with Crippen molar-refractivity contribution in [3.8, 4) is 0 Å². The lowest BCUT2D eigenvalue weighted by atomic mass is 9.93. The van der Waals surface area contributed by atoms with E-state index in [1.54, 1.807) is 0 Å². The van der Waals surface area contributed by atoms with Gasteiger partial charge in [-0.15, -0.1) is 0 Å². The Balaban J connectivity index is 2.86. The zero-order valence-corrected chi connectivity index (χ0v) is 12.3. The van der Waals surface area contributed by atoms with Crippen LogP contribution >= 0.6 is 0 Å². The van der Waals surface area contributed by atoms with Crippen LogP contribution in [0.5, 0.6) is 0 Å². The second kappa shape index (κ2) is 5.34. The molecule has 0 spiro atoms. The molecule has 0 aliphatic rings.